The van der Waals surface area contributed by atoms with Gasteiger partial charge in [-0.05, 0) is 18.2 Å². The highest BCUT2D eigenvalue weighted by atomic mass is 79.9. The van der Waals surface area contributed by atoms with Crippen LogP contribution in [0.2, 0.25) is 5.02 Å². The molecule has 0 aliphatic carbocycles. The van der Waals surface area contributed by atoms with Crippen molar-refractivity contribution in [1.82, 2.24) is 9.29 Å². The van der Waals surface area contributed by atoms with Crippen molar-refractivity contribution in [3.63, 3.8) is 0 Å². The minimum absolute atomic E-state index is 0.258. The van der Waals surface area contributed by atoms with E-state index in [9.17, 15) is 26.4 Å². The molecule has 28 heavy (non-hydrogen) atoms. The molecule has 1 aromatic heterocycles. The predicted octanol–water partition coefficient (Wildman–Crippen LogP) is 3.54. The molecule has 2 N–H and O–H groups in total. The molecule has 0 radical (unpaired) electrons. The molecule has 6 nitrogen and oxygen atoms in total. The second-order valence-corrected chi connectivity index (χ2v) is 8.47. The Hall–Kier alpha value is -2.00. The molecule has 1 heterocycles. The molecule has 0 unspecified atom stereocenters. The average Bonchev–Trinajstić information content (AvgIpc) is 2.87. The monoisotopic (exact) mass is 497 g/mol. The van der Waals surface area contributed by atoms with Crippen molar-refractivity contribution in [1.29, 1.82) is 0 Å². The van der Waals surface area contributed by atoms with Gasteiger partial charge in [0.15, 0.2) is 6.04 Å². The van der Waals surface area contributed by atoms with E-state index in [1.54, 1.807) is 24.3 Å². The molecule has 0 spiro atoms. The summed E-state index contributed by atoms with van der Waals surface area (Å²) in [4.78, 5) is 11.8. The zero-order valence-corrected chi connectivity index (χ0v) is 17.2. The topological polar surface area (TPSA) is 80.2 Å². The first kappa shape index (κ1) is 22.3. The lowest BCUT2D eigenvalue weighted by Gasteiger charge is -2.16. The van der Waals surface area contributed by atoms with Gasteiger partial charge >= 0.3 is 6.18 Å². The largest absolute Gasteiger partial charge is 0.415 e. The molecular weight excluding hydrogens is 487 g/mol. The van der Waals surface area contributed by atoms with Crippen LogP contribution in [-0.4, -0.2) is 31.1 Å². The molecule has 0 saturated heterocycles. The smallest absolute Gasteiger partial charge is 0.344 e. The van der Waals surface area contributed by atoms with Crippen LogP contribution in [0, 0.1) is 12.3 Å². The number of amides is 1. The number of nitrogens with one attached hydrogen (secondary N) is 2. The first-order valence-electron chi connectivity index (χ1n) is 7.33. The quantitative estimate of drug-likeness (QED) is 0.619. The van der Waals surface area contributed by atoms with Gasteiger partial charge < -0.3 is 9.88 Å². The Morgan fingerprint density at radius 1 is 1.39 bits per heavy atom. The molecule has 150 valence electrons. The first-order valence-corrected chi connectivity index (χ1v) is 9.99. The van der Waals surface area contributed by atoms with Gasteiger partial charge in [0.2, 0.25) is 10.0 Å². The van der Waals surface area contributed by atoms with E-state index in [0.29, 0.717) is 10.2 Å². The minimum atomic E-state index is -5.00. The molecule has 1 amide bonds. The number of rotatable bonds is 5. The van der Waals surface area contributed by atoms with Crippen molar-refractivity contribution in [2.45, 2.75) is 17.1 Å². The van der Waals surface area contributed by atoms with E-state index in [1.807, 2.05) is 0 Å². The van der Waals surface area contributed by atoms with Crippen LogP contribution in [-0.2, 0) is 17.1 Å². The van der Waals surface area contributed by atoms with E-state index in [4.69, 9.17) is 18.0 Å². The number of benzene rings is 1. The maximum absolute atomic E-state index is 12.8. The van der Waals surface area contributed by atoms with E-state index in [2.05, 4.69) is 21.2 Å². The molecule has 0 bridgehead atoms. The van der Waals surface area contributed by atoms with Crippen molar-refractivity contribution < 1.29 is 26.4 Å². The lowest BCUT2D eigenvalue weighted by molar-refractivity contribution is -0.138. The molecule has 12 heteroatoms. The van der Waals surface area contributed by atoms with Crippen LogP contribution in [0.4, 0.5) is 18.9 Å². The third-order valence-corrected chi connectivity index (χ3v) is 5.86. The summed E-state index contributed by atoms with van der Waals surface area (Å²) in [5, 5.41) is 1.98. The zero-order valence-electron chi connectivity index (χ0n) is 14.0. The fourth-order valence-electron chi connectivity index (χ4n) is 2.19. The van der Waals surface area contributed by atoms with Gasteiger partial charge in [0.1, 0.15) is 10.6 Å². The summed E-state index contributed by atoms with van der Waals surface area (Å²) in [6, 6.07) is 3.81. The number of hydrogen-bond acceptors (Lipinski definition) is 3. The number of alkyl halides is 3. The Morgan fingerprint density at radius 3 is 2.57 bits per heavy atom. The van der Waals surface area contributed by atoms with E-state index in [-0.39, 0.29) is 5.69 Å². The standard InChI is InChI=1S/C16H12BrClF3N3O3S/c1-3-12(16(19,20)21)23-28(26,27)11-8-24(2)14(13(11)18)15(25)22-10-6-4-5-9(17)7-10/h1,4-8,12,23H,2H3,(H,22,25)/t12-/m1/s1. The number of carbonyl (C=O) groups excluding carboxylic acids is 1. The van der Waals surface area contributed by atoms with Crippen LogP contribution in [0.3, 0.4) is 0 Å². The molecule has 1 atom stereocenters. The lowest BCUT2D eigenvalue weighted by Crippen LogP contribution is -2.44. The van der Waals surface area contributed by atoms with Gasteiger partial charge in [-0.25, -0.2) is 8.42 Å². The number of terminal acetylenes is 1. The Morgan fingerprint density at radius 2 is 2.04 bits per heavy atom. The van der Waals surface area contributed by atoms with Crippen LogP contribution >= 0.6 is 27.5 Å². The number of aryl methyl sites for hydroxylation is 1. The summed E-state index contributed by atoms with van der Waals surface area (Å²) in [5.74, 6) is 0.567. The number of anilines is 1. The number of aromatic nitrogens is 1. The molecule has 1 aromatic carbocycles. The third kappa shape index (κ3) is 4.88. The highest BCUT2D eigenvalue weighted by Gasteiger charge is 2.42. The molecule has 0 fully saturated rings. The summed E-state index contributed by atoms with van der Waals surface area (Å²) in [6.07, 6.45) is 0.686. The minimum Gasteiger partial charge on any atom is -0.344 e. The Balaban J connectivity index is 2.37. The van der Waals surface area contributed by atoms with Crippen molar-refractivity contribution >= 4 is 49.1 Å². The van der Waals surface area contributed by atoms with Crippen LogP contribution in [0.5, 0.6) is 0 Å². The number of nitrogens with zero attached hydrogens (tertiary/aromatic N) is 1. The zero-order chi connectivity index (χ0) is 21.3. The predicted molar refractivity (Wildman–Crippen MR) is 102 cm³/mol. The molecule has 0 aliphatic heterocycles. The fourth-order valence-corrected chi connectivity index (χ4v) is 4.43. The van der Waals surface area contributed by atoms with Crippen LogP contribution in [0.15, 0.2) is 39.8 Å². The third-order valence-electron chi connectivity index (χ3n) is 3.44. The van der Waals surface area contributed by atoms with Gasteiger partial charge in [0.25, 0.3) is 5.91 Å². The van der Waals surface area contributed by atoms with Crippen molar-refractivity contribution in [2.75, 3.05) is 5.32 Å². The van der Waals surface area contributed by atoms with Gasteiger partial charge in [0, 0.05) is 23.4 Å². The van der Waals surface area contributed by atoms with Crippen LogP contribution in [0.1, 0.15) is 10.5 Å². The Labute approximate surface area is 172 Å². The number of hydrogen-bond donors (Lipinski definition) is 2. The lowest BCUT2D eigenvalue weighted by atomic mass is 10.3. The maximum atomic E-state index is 12.8. The maximum Gasteiger partial charge on any atom is 0.415 e. The number of halogens is 5. The molecule has 2 aromatic rings. The highest BCUT2D eigenvalue weighted by molar-refractivity contribution is 9.10. The van der Waals surface area contributed by atoms with Gasteiger partial charge in [-0.3, -0.25) is 4.79 Å². The second-order valence-electron chi connectivity index (χ2n) is 5.49. The van der Waals surface area contributed by atoms with Gasteiger partial charge in [0.05, 0.1) is 5.02 Å². The summed E-state index contributed by atoms with van der Waals surface area (Å²) >= 11 is 9.24. The Kier molecular flexibility index (Phi) is 6.50. The second kappa shape index (κ2) is 8.16. The van der Waals surface area contributed by atoms with Crippen LogP contribution in [0.25, 0.3) is 0 Å². The average molecular weight is 499 g/mol. The highest BCUT2D eigenvalue weighted by Crippen LogP contribution is 2.29. The molecule has 0 saturated carbocycles. The molecule has 0 aliphatic rings. The molecule has 2 rings (SSSR count). The van der Waals surface area contributed by atoms with E-state index < -0.39 is 38.1 Å². The van der Waals surface area contributed by atoms with E-state index >= 15 is 0 Å². The summed E-state index contributed by atoms with van der Waals surface area (Å²) in [7, 11) is -3.43. The Bertz CT molecular complexity index is 1060. The normalized spacial score (nSPS) is 13.0. The summed E-state index contributed by atoms with van der Waals surface area (Å²) in [5.41, 5.74) is 0.134. The van der Waals surface area contributed by atoms with Crippen molar-refractivity contribution in [3.8, 4) is 12.3 Å². The van der Waals surface area contributed by atoms with Crippen molar-refractivity contribution in [3.05, 3.63) is 45.7 Å². The van der Waals surface area contributed by atoms with Gasteiger partial charge in [-0.2, -0.15) is 17.9 Å². The SMILES string of the molecule is C#C[C@@H](NS(=O)(=O)c1cn(C)c(C(=O)Nc2cccc(Br)c2)c1Cl)C(F)(F)F. The van der Waals surface area contributed by atoms with E-state index in [0.717, 1.165) is 10.8 Å². The summed E-state index contributed by atoms with van der Waals surface area (Å²) < 4.78 is 66.1. The summed E-state index contributed by atoms with van der Waals surface area (Å²) in [6.45, 7) is 0. The van der Waals surface area contributed by atoms with Gasteiger partial charge in [-0.1, -0.05) is 39.5 Å². The van der Waals surface area contributed by atoms with Crippen LogP contribution < -0.4 is 10.0 Å². The van der Waals surface area contributed by atoms with E-state index in [1.165, 1.54) is 17.7 Å². The van der Waals surface area contributed by atoms with Gasteiger partial charge in [-0.15, -0.1) is 6.42 Å². The first-order chi connectivity index (χ1) is 12.9. The fraction of sp³-hybridized carbons (Fsp3) is 0.188. The number of carbonyl (C=O) groups is 1. The number of sulfonamides is 1. The van der Waals surface area contributed by atoms with Crippen molar-refractivity contribution in [2.24, 2.45) is 7.05 Å². The molecular formula is C16H12BrClF3N3O3S.